The Morgan fingerprint density at radius 2 is 1.74 bits per heavy atom. The first-order valence-corrected chi connectivity index (χ1v) is 7.18. The summed E-state index contributed by atoms with van der Waals surface area (Å²) in [5.41, 5.74) is 3.55. The van der Waals surface area contributed by atoms with Gasteiger partial charge in [0.2, 0.25) is 5.82 Å². The van der Waals surface area contributed by atoms with Crippen LogP contribution in [0.4, 0.5) is 0 Å². The maximum Gasteiger partial charge on any atom is 0.258 e. The lowest BCUT2D eigenvalue weighted by molar-refractivity contribution is 0.432. The fourth-order valence-corrected chi connectivity index (χ4v) is 2.21. The predicted octanol–water partition coefficient (Wildman–Crippen LogP) is 3.29. The molecule has 0 fully saturated rings. The first-order chi connectivity index (χ1) is 11.3. The third kappa shape index (κ3) is 2.62. The van der Waals surface area contributed by atoms with Crippen molar-refractivity contribution in [1.82, 2.24) is 25.1 Å². The summed E-state index contributed by atoms with van der Waals surface area (Å²) in [6.45, 7) is 2.03. The minimum atomic E-state index is 0.419. The van der Waals surface area contributed by atoms with Gasteiger partial charge in [0.25, 0.3) is 5.89 Å². The van der Waals surface area contributed by atoms with Gasteiger partial charge in [0.15, 0.2) is 5.69 Å². The van der Waals surface area contributed by atoms with Gasteiger partial charge in [0.1, 0.15) is 0 Å². The Hall–Kier alpha value is -3.28. The van der Waals surface area contributed by atoms with Gasteiger partial charge in [-0.25, -0.2) is 4.68 Å². The minimum absolute atomic E-state index is 0.419. The second kappa shape index (κ2) is 5.49. The smallest absolute Gasteiger partial charge is 0.258 e. The van der Waals surface area contributed by atoms with Gasteiger partial charge in [0.05, 0.1) is 11.9 Å². The number of aryl methyl sites for hydroxylation is 1. The van der Waals surface area contributed by atoms with E-state index in [2.05, 4.69) is 20.5 Å². The Kier molecular flexibility index (Phi) is 3.20. The lowest BCUT2D eigenvalue weighted by Gasteiger charge is -1.96. The van der Waals surface area contributed by atoms with Crippen LogP contribution in [0.25, 0.3) is 28.7 Å². The van der Waals surface area contributed by atoms with E-state index in [0.29, 0.717) is 17.4 Å². The predicted molar refractivity (Wildman–Crippen MR) is 84.8 cm³/mol. The third-order valence-corrected chi connectivity index (χ3v) is 3.47. The highest BCUT2D eigenvalue weighted by Gasteiger charge is 2.14. The zero-order valence-electron chi connectivity index (χ0n) is 12.4. The maximum atomic E-state index is 5.32. The van der Waals surface area contributed by atoms with Gasteiger partial charge >= 0.3 is 0 Å². The van der Waals surface area contributed by atoms with E-state index in [1.165, 1.54) is 5.56 Å². The number of aromatic nitrogens is 5. The van der Waals surface area contributed by atoms with E-state index < -0.39 is 0 Å². The highest BCUT2D eigenvalue weighted by molar-refractivity contribution is 5.57. The van der Waals surface area contributed by atoms with Crippen molar-refractivity contribution in [2.24, 2.45) is 0 Å². The molecule has 6 heteroatoms. The summed E-state index contributed by atoms with van der Waals surface area (Å²) in [7, 11) is 0. The third-order valence-electron chi connectivity index (χ3n) is 3.47. The fourth-order valence-electron chi connectivity index (χ4n) is 2.21. The Balaban J connectivity index is 1.65. The summed E-state index contributed by atoms with van der Waals surface area (Å²) in [6, 6.07) is 17.7. The summed E-state index contributed by atoms with van der Waals surface area (Å²) >= 11 is 0. The second-order valence-electron chi connectivity index (χ2n) is 5.17. The molecule has 0 N–H and O–H groups in total. The van der Waals surface area contributed by atoms with Crippen LogP contribution in [0.5, 0.6) is 0 Å². The topological polar surface area (TPSA) is 69.6 Å². The molecule has 112 valence electrons. The summed E-state index contributed by atoms with van der Waals surface area (Å²) in [5, 5.41) is 12.2. The molecule has 0 bridgehead atoms. The average molecular weight is 303 g/mol. The molecule has 0 aliphatic heterocycles. The molecule has 4 rings (SSSR count). The van der Waals surface area contributed by atoms with Crippen LogP contribution in [0.15, 0.2) is 65.3 Å². The molecular formula is C17H13N5O. The molecule has 0 saturated carbocycles. The highest BCUT2D eigenvalue weighted by Crippen LogP contribution is 2.21. The normalized spacial score (nSPS) is 10.8. The van der Waals surface area contributed by atoms with Crippen LogP contribution in [-0.4, -0.2) is 25.1 Å². The Labute approximate surface area is 132 Å². The molecule has 2 heterocycles. The van der Waals surface area contributed by atoms with Crippen molar-refractivity contribution in [2.45, 2.75) is 6.92 Å². The zero-order chi connectivity index (χ0) is 15.6. The number of benzene rings is 2. The van der Waals surface area contributed by atoms with E-state index >= 15 is 0 Å². The molecule has 0 amide bonds. The molecule has 2 aromatic heterocycles. The molecule has 0 spiro atoms. The van der Waals surface area contributed by atoms with Gasteiger partial charge in [-0.3, -0.25) is 0 Å². The Morgan fingerprint density at radius 3 is 2.52 bits per heavy atom. The maximum absolute atomic E-state index is 5.32. The van der Waals surface area contributed by atoms with Crippen molar-refractivity contribution in [2.75, 3.05) is 0 Å². The van der Waals surface area contributed by atoms with Crippen LogP contribution in [0.1, 0.15) is 5.56 Å². The van der Waals surface area contributed by atoms with Gasteiger partial charge in [0, 0.05) is 5.56 Å². The number of rotatable bonds is 3. The largest absolute Gasteiger partial charge is 0.334 e. The molecule has 2 aromatic carbocycles. The number of nitrogens with zero attached hydrogens (tertiary/aromatic N) is 5. The molecule has 0 aliphatic rings. The molecule has 0 aliphatic carbocycles. The SMILES string of the molecule is Cc1ccc(-c2nc(-c3cn(-c4ccccc4)nn3)no2)cc1. The minimum Gasteiger partial charge on any atom is -0.334 e. The van der Waals surface area contributed by atoms with Crippen molar-refractivity contribution in [3.63, 3.8) is 0 Å². The molecular weight excluding hydrogens is 290 g/mol. The van der Waals surface area contributed by atoms with E-state index in [9.17, 15) is 0 Å². The lowest BCUT2D eigenvalue weighted by atomic mass is 10.1. The van der Waals surface area contributed by atoms with E-state index in [1.807, 2.05) is 61.5 Å². The average Bonchev–Trinajstić information content (AvgIpc) is 3.26. The number of hydrogen-bond acceptors (Lipinski definition) is 5. The van der Waals surface area contributed by atoms with Gasteiger partial charge in [-0.05, 0) is 31.2 Å². The van der Waals surface area contributed by atoms with Crippen LogP contribution in [0.3, 0.4) is 0 Å². The summed E-state index contributed by atoms with van der Waals surface area (Å²) < 4.78 is 7.00. The Bertz CT molecular complexity index is 925. The standard InChI is InChI=1S/C17H13N5O/c1-12-7-9-13(10-8-12)17-18-16(20-23-17)15-11-22(21-19-15)14-5-3-2-4-6-14/h2-11H,1H3. The molecule has 0 saturated heterocycles. The number of hydrogen-bond donors (Lipinski definition) is 0. The first kappa shape index (κ1) is 13.4. The lowest BCUT2D eigenvalue weighted by Crippen LogP contribution is -1.93. The number of para-hydroxylation sites is 1. The van der Waals surface area contributed by atoms with E-state index in [4.69, 9.17) is 4.52 Å². The van der Waals surface area contributed by atoms with Crippen LogP contribution >= 0.6 is 0 Å². The quantitative estimate of drug-likeness (QED) is 0.581. The van der Waals surface area contributed by atoms with E-state index in [1.54, 1.807) is 10.9 Å². The summed E-state index contributed by atoms with van der Waals surface area (Å²) in [4.78, 5) is 4.39. The monoisotopic (exact) mass is 303 g/mol. The molecule has 23 heavy (non-hydrogen) atoms. The highest BCUT2D eigenvalue weighted by atomic mass is 16.5. The molecule has 0 atom stereocenters. The van der Waals surface area contributed by atoms with Gasteiger partial charge < -0.3 is 4.52 Å². The Morgan fingerprint density at radius 1 is 0.957 bits per heavy atom. The molecule has 0 unspecified atom stereocenters. The van der Waals surface area contributed by atoms with Gasteiger partial charge in [-0.1, -0.05) is 46.3 Å². The molecule has 6 nitrogen and oxygen atoms in total. The van der Waals surface area contributed by atoms with Gasteiger partial charge in [-0.2, -0.15) is 4.98 Å². The second-order valence-corrected chi connectivity index (χ2v) is 5.17. The van der Waals surface area contributed by atoms with E-state index in [-0.39, 0.29) is 0 Å². The summed E-state index contributed by atoms with van der Waals surface area (Å²) in [5.74, 6) is 0.886. The van der Waals surface area contributed by atoms with Crippen molar-refractivity contribution in [3.05, 3.63) is 66.4 Å². The van der Waals surface area contributed by atoms with Crippen LogP contribution in [0, 0.1) is 6.92 Å². The van der Waals surface area contributed by atoms with Crippen LogP contribution in [0.2, 0.25) is 0 Å². The van der Waals surface area contributed by atoms with Crippen molar-refractivity contribution < 1.29 is 4.52 Å². The van der Waals surface area contributed by atoms with Crippen LogP contribution in [-0.2, 0) is 0 Å². The van der Waals surface area contributed by atoms with E-state index in [0.717, 1.165) is 11.3 Å². The van der Waals surface area contributed by atoms with Gasteiger partial charge in [-0.15, -0.1) is 5.10 Å². The summed E-state index contributed by atoms with van der Waals surface area (Å²) in [6.07, 6.45) is 1.78. The zero-order valence-corrected chi connectivity index (χ0v) is 12.4. The first-order valence-electron chi connectivity index (χ1n) is 7.18. The van der Waals surface area contributed by atoms with Crippen molar-refractivity contribution in [1.29, 1.82) is 0 Å². The van der Waals surface area contributed by atoms with Crippen molar-refractivity contribution >= 4 is 0 Å². The fraction of sp³-hybridized carbons (Fsp3) is 0.0588. The van der Waals surface area contributed by atoms with Crippen molar-refractivity contribution in [3.8, 4) is 28.7 Å². The van der Waals surface area contributed by atoms with Crippen LogP contribution < -0.4 is 0 Å². The molecule has 4 aromatic rings. The molecule has 0 radical (unpaired) electrons.